The van der Waals surface area contributed by atoms with Crippen LogP contribution in [-0.4, -0.2) is 22.9 Å². The first-order valence-corrected chi connectivity index (χ1v) is 7.32. The van der Waals surface area contributed by atoms with Crippen molar-refractivity contribution in [2.75, 3.05) is 0 Å². The quantitative estimate of drug-likeness (QED) is 0.880. The Bertz CT molecular complexity index is 763. The Balaban J connectivity index is 1.70. The van der Waals surface area contributed by atoms with E-state index in [0.717, 1.165) is 11.1 Å². The summed E-state index contributed by atoms with van der Waals surface area (Å²) in [6.07, 6.45) is 0.481. The van der Waals surface area contributed by atoms with Crippen LogP contribution in [0.1, 0.15) is 16.7 Å². The Labute approximate surface area is 134 Å². The van der Waals surface area contributed by atoms with Crippen LogP contribution in [0.3, 0.4) is 0 Å². The third-order valence-electron chi connectivity index (χ3n) is 3.81. The summed E-state index contributed by atoms with van der Waals surface area (Å²) in [5.41, 5.74) is 2.37. The number of hydrogen-bond donors (Lipinski definition) is 1. The first kappa shape index (κ1) is 14.8. The van der Waals surface area contributed by atoms with Crippen LogP contribution in [0.5, 0.6) is 0 Å². The highest BCUT2D eigenvalue weighted by molar-refractivity contribution is 6.04. The molecule has 114 valence electrons. The Kier molecular flexibility index (Phi) is 4.07. The van der Waals surface area contributed by atoms with E-state index in [-0.39, 0.29) is 18.5 Å². The molecular formula is C18H15N3O2. The molecule has 1 fully saturated rings. The molecule has 1 atom stereocenters. The molecule has 0 spiro atoms. The van der Waals surface area contributed by atoms with Gasteiger partial charge in [-0.1, -0.05) is 42.5 Å². The molecule has 3 rings (SSSR count). The van der Waals surface area contributed by atoms with E-state index in [1.165, 1.54) is 4.90 Å². The Morgan fingerprint density at radius 3 is 2.35 bits per heavy atom. The monoisotopic (exact) mass is 305 g/mol. The molecule has 1 heterocycles. The van der Waals surface area contributed by atoms with E-state index in [1.54, 1.807) is 24.3 Å². The Morgan fingerprint density at radius 2 is 1.70 bits per heavy atom. The number of rotatable bonds is 4. The molecule has 3 amide bonds. The highest BCUT2D eigenvalue weighted by atomic mass is 16.2. The molecule has 1 aliphatic heterocycles. The molecule has 1 aliphatic rings. The van der Waals surface area contributed by atoms with E-state index >= 15 is 0 Å². The van der Waals surface area contributed by atoms with Crippen LogP contribution in [0, 0.1) is 11.3 Å². The average molecular weight is 305 g/mol. The maximum Gasteiger partial charge on any atom is 0.325 e. The number of imide groups is 1. The summed E-state index contributed by atoms with van der Waals surface area (Å²) in [7, 11) is 0. The van der Waals surface area contributed by atoms with Crippen LogP contribution >= 0.6 is 0 Å². The molecule has 0 radical (unpaired) electrons. The van der Waals surface area contributed by atoms with Gasteiger partial charge in [0.25, 0.3) is 5.91 Å². The van der Waals surface area contributed by atoms with Crippen molar-refractivity contribution in [3.63, 3.8) is 0 Å². The smallest absolute Gasteiger partial charge is 0.325 e. The topological polar surface area (TPSA) is 73.2 Å². The van der Waals surface area contributed by atoms with Crippen LogP contribution in [0.2, 0.25) is 0 Å². The average Bonchev–Trinajstić information content (AvgIpc) is 2.84. The van der Waals surface area contributed by atoms with E-state index in [1.807, 2.05) is 36.4 Å². The molecular weight excluding hydrogens is 290 g/mol. The molecule has 2 aromatic carbocycles. The highest BCUT2D eigenvalue weighted by Crippen LogP contribution is 2.15. The lowest BCUT2D eigenvalue weighted by molar-refractivity contribution is -0.127. The number of carbonyl (C=O) groups excluding carboxylic acids is 2. The summed E-state index contributed by atoms with van der Waals surface area (Å²) in [5.74, 6) is -0.219. The van der Waals surface area contributed by atoms with Gasteiger partial charge in [0.2, 0.25) is 0 Å². The number of carbonyl (C=O) groups is 2. The number of nitriles is 1. The summed E-state index contributed by atoms with van der Waals surface area (Å²) in [4.78, 5) is 25.7. The van der Waals surface area contributed by atoms with E-state index < -0.39 is 6.04 Å². The van der Waals surface area contributed by atoms with Gasteiger partial charge in [-0.3, -0.25) is 9.69 Å². The Morgan fingerprint density at radius 1 is 1.00 bits per heavy atom. The van der Waals surface area contributed by atoms with Gasteiger partial charge in [0.1, 0.15) is 6.04 Å². The second kappa shape index (κ2) is 6.32. The zero-order valence-corrected chi connectivity index (χ0v) is 12.4. The van der Waals surface area contributed by atoms with Gasteiger partial charge in [0, 0.05) is 6.42 Å². The van der Waals surface area contributed by atoms with Crippen molar-refractivity contribution in [1.82, 2.24) is 10.2 Å². The van der Waals surface area contributed by atoms with E-state index in [4.69, 9.17) is 5.26 Å². The molecule has 0 aromatic heterocycles. The van der Waals surface area contributed by atoms with Crippen LogP contribution in [0.15, 0.2) is 54.6 Å². The number of nitrogens with zero attached hydrogens (tertiary/aromatic N) is 2. The number of nitrogens with one attached hydrogen (secondary N) is 1. The van der Waals surface area contributed by atoms with Crippen molar-refractivity contribution in [3.8, 4) is 6.07 Å². The minimum absolute atomic E-state index is 0.210. The minimum atomic E-state index is -0.525. The number of hydrogen-bond acceptors (Lipinski definition) is 3. The van der Waals surface area contributed by atoms with E-state index in [9.17, 15) is 9.59 Å². The van der Waals surface area contributed by atoms with Gasteiger partial charge >= 0.3 is 6.03 Å². The van der Waals surface area contributed by atoms with Crippen molar-refractivity contribution in [1.29, 1.82) is 5.26 Å². The molecule has 0 bridgehead atoms. The van der Waals surface area contributed by atoms with Crippen LogP contribution in [0.4, 0.5) is 4.79 Å². The predicted molar refractivity (Wildman–Crippen MR) is 84.2 cm³/mol. The molecule has 5 heteroatoms. The fourth-order valence-corrected chi connectivity index (χ4v) is 2.58. The Hall–Kier alpha value is -3.13. The number of benzene rings is 2. The largest absolute Gasteiger partial charge is 0.325 e. The molecule has 1 N–H and O–H groups in total. The first-order chi connectivity index (χ1) is 11.2. The molecule has 23 heavy (non-hydrogen) atoms. The second-order valence-corrected chi connectivity index (χ2v) is 5.42. The zero-order chi connectivity index (χ0) is 16.2. The minimum Gasteiger partial charge on any atom is -0.325 e. The number of urea groups is 1. The van der Waals surface area contributed by atoms with Crippen molar-refractivity contribution >= 4 is 11.9 Å². The van der Waals surface area contributed by atoms with Crippen molar-refractivity contribution in [2.45, 2.75) is 19.0 Å². The third-order valence-corrected chi connectivity index (χ3v) is 3.81. The van der Waals surface area contributed by atoms with E-state index in [2.05, 4.69) is 5.32 Å². The van der Waals surface area contributed by atoms with Gasteiger partial charge in [-0.05, 0) is 23.3 Å². The van der Waals surface area contributed by atoms with Crippen molar-refractivity contribution < 1.29 is 9.59 Å². The normalized spacial score (nSPS) is 17.0. The van der Waals surface area contributed by atoms with Crippen LogP contribution in [0.25, 0.3) is 0 Å². The van der Waals surface area contributed by atoms with Gasteiger partial charge in [-0.15, -0.1) is 0 Å². The van der Waals surface area contributed by atoms with Gasteiger partial charge in [-0.25, -0.2) is 4.79 Å². The molecule has 0 aliphatic carbocycles. The standard InChI is InChI=1S/C18H15N3O2/c19-11-14-6-8-15(9-7-14)12-21-17(22)16(20-18(21)23)10-13-4-2-1-3-5-13/h1-9,16H,10,12H2,(H,20,23). The van der Waals surface area contributed by atoms with Gasteiger partial charge in [0.15, 0.2) is 0 Å². The first-order valence-electron chi connectivity index (χ1n) is 7.32. The van der Waals surface area contributed by atoms with Gasteiger partial charge in [0.05, 0.1) is 18.2 Å². The summed E-state index contributed by atoms with van der Waals surface area (Å²) in [6.45, 7) is 0.210. The second-order valence-electron chi connectivity index (χ2n) is 5.42. The zero-order valence-electron chi connectivity index (χ0n) is 12.4. The maximum atomic E-state index is 12.4. The van der Waals surface area contributed by atoms with Crippen molar-refractivity contribution in [2.24, 2.45) is 0 Å². The molecule has 1 unspecified atom stereocenters. The van der Waals surface area contributed by atoms with Crippen molar-refractivity contribution in [3.05, 3.63) is 71.3 Å². The van der Waals surface area contributed by atoms with Crippen LogP contribution < -0.4 is 5.32 Å². The van der Waals surface area contributed by atoms with Gasteiger partial charge < -0.3 is 5.32 Å². The predicted octanol–water partition coefficient (Wildman–Crippen LogP) is 2.22. The summed E-state index contributed by atoms with van der Waals surface area (Å²) in [6, 6.07) is 17.6. The fraction of sp³-hybridized carbons (Fsp3) is 0.167. The molecule has 5 nitrogen and oxygen atoms in total. The lowest BCUT2D eigenvalue weighted by Gasteiger charge is -2.13. The third kappa shape index (κ3) is 3.22. The highest BCUT2D eigenvalue weighted by Gasteiger charge is 2.37. The lowest BCUT2D eigenvalue weighted by atomic mass is 10.1. The SMILES string of the molecule is N#Cc1ccc(CN2C(=O)NC(Cc3ccccc3)C2=O)cc1. The lowest BCUT2D eigenvalue weighted by Crippen LogP contribution is -2.32. The van der Waals surface area contributed by atoms with Crippen LogP contribution in [-0.2, 0) is 17.8 Å². The van der Waals surface area contributed by atoms with E-state index in [0.29, 0.717) is 12.0 Å². The number of amides is 3. The van der Waals surface area contributed by atoms with Gasteiger partial charge in [-0.2, -0.15) is 5.26 Å². The fourth-order valence-electron chi connectivity index (χ4n) is 2.58. The molecule has 2 aromatic rings. The summed E-state index contributed by atoms with van der Waals surface area (Å²) >= 11 is 0. The summed E-state index contributed by atoms with van der Waals surface area (Å²) in [5, 5.41) is 11.5. The summed E-state index contributed by atoms with van der Waals surface area (Å²) < 4.78 is 0. The maximum absolute atomic E-state index is 12.4. The molecule has 0 saturated carbocycles. The molecule has 1 saturated heterocycles.